The number of aliphatic hydroxyl groups excluding tert-OH is 1. The van der Waals surface area contributed by atoms with Crippen LogP contribution in [-0.4, -0.2) is 27.7 Å². The topological polar surface area (TPSA) is 99.6 Å². The van der Waals surface area contributed by atoms with Gasteiger partial charge >= 0.3 is 0 Å². The van der Waals surface area contributed by atoms with E-state index >= 15 is 0 Å². The zero-order chi connectivity index (χ0) is 21.1. The Morgan fingerprint density at radius 1 is 1.14 bits per heavy atom. The first kappa shape index (κ1) is 20.3. The number of hydrogen-bond acceptors (Lipinski definition) is 5. The van der Waals surface area contributed by atoms with Crippen molar-refractivity contribution in [3.05, 3.63) is 65.7 Å². The standard InChI is InChI=1S/C22H23N3O4/c1-13(2)12-18(27)19-20(15-8-10-23-11-9-15)25(22(29)21(19)28)17-6-4-16(5-7-17)24-14(3)26/h4-11,13,20,28H,12H2,1-3H3,(H,24,26). The second-order valence-electron chi connectivity index (χ2n) is 7.37. The molecule has 0 saturated carbocycles. The van der Waals surface area contributed by atoms with Crippen LogP contribution in [0.1, 0.15) is 38.8 Å². The molecule has 7 heteroatoms. The minimum Gasteiger partial charge on any atom is -0.503 e. The number of benzene rings is 1. The summed E-state index contributed by atoms with van der Waals surface area (Å²) in [5.41, 5.74) is 1.86. The molecule has 150 valence electrons. The van der Waals surface area contributed by atoms with Crippen LogP contribution in [0.2, 0.25) is 0 Å². The van der Waals surface area contributed by atoms with Crippen molar-refractivity contribution >= 4 is 29.0 Å². The molecule has 7 nitrogen and oxygen atoms in total. The number of carbonyl (C=O) groups excluding carboxylic acids is 3. The van der Waals surface area contributed by atoms with Gasteiger partial charge in [-0.05, 0) is 47.9 Å². The lowest BCUT2D eigenvalue weighted by molar-refractivity contribution is -0.118. The Morgan fingerprint density at radius 3 is 2.31 bits per heavy atom. The summed E-state index contributed by atoms with van der Waals surface area (Å²) in [4.78, 5) is 42.5. The summed E-state index contributed by atoms with van der Waals surface area (Å²) in [5, 5.41) is 13.2. The molecular formula is C22H23N3O4. The second-order valence-corrected chi connectivity index (χ2v) is 7.37. The maximum Gasteiger partial charge on any atom is 0.294 e. The highest BCUT2D eigenvalue weighted by Crippen LogP contribution is 2.41. The Bertz CT molecular complexity index is 965. The molecule has 0 spiro atoms. The van der Waals surface area contributed by atoms with Crippen molar-refractivity contribution in [2.75, 3.05) is 10.2 Å². The van der Waals surface area contributed by atoms with Gasteiger partial charge in [-0.15, -0.1) is 0 Å². The molecule has 29 heavy (non-hydrogen) atoms. The molecule has 0 aliphatic carbocycles. The lowest BCUT2D eigenvalue weighted by Crippen LogP contribution is -2.31. The van der Waals surface area contributed by atoms with E-state index in [1.54, 1.807) is 48.8 Å². The van der Waals surface area contributed by atoms with Crippen molar-refractivity contribution in [2.45, 2.75) is 33.2 Å². The molecule has 1 aliphatic rings. The molecule has 2 amide bonds. The lowest BCUT2D eigenvalue weighted by Gasteiger charge is -2.27. The second kappa shape index (κ2) is 8.26. The van der Waals surface area contributed by atoms with E-state index in [-0.39, 0.29) is 29.6 Å². The summed E-state index contributed by atoms with van der Waals surface area (Å²) < 4.78 is 0. The summed E-state index contributed by atoms with van der Waals surface area (Å²) in [6.07, 6.45) is 3.39. The summed E-state index contributed by atoms with van der Waals surface area (Å²) in [5.74, 6) is -1.54. The molecule has 1 unspecified atom stereocenters. The van der Waals surface area contributed by atoms with Gasteiger partial charge in [-0.3, -0.25) is 24.3 Å². The van der Waals surface area contributed by atoms with E-state index in [1.807, 2.05) is 13.8 Å². The lowest BCUT2D eigenvalue weighted by atomic mass is 9.92. The van der Waals surface area contributed by atoms with Gasteiger partial charge in [0.1, 0.15) is 0 Å². The minimum absolute atomic E-state index is 0.0852. The van der Waals surface area contributed by atoms with Crippen LogP contribution >= 0.6 is 0 Å². The monoisotopic (exact) mass is 393 g/mol. The van der Waals surface area contributed by atoms with Crippen LogP contribution in [0.5, 0.6) is 0 Å². The third-order valence-electron chi connectivity index (χ3n) is 4.59. The molecule has 2 heterocycles. The first-order valence-electron chi connectivity index (χ1n) is 9.37. The number of nitrogens with zero attached hydrogens (tertiary/aromatic N) is 2. The third-order valence-corrected chi connectivity index (χ3v) is 4.59. The Balaban J connectivity index is 2.05. The van der Waals surface area contributed by atoms with Crippen LogP contribution in [0.25, 0.3) is 0 Å². The molecule has 1 aromatic carbocycles. The van der Waals surface area contributed by atoms with E-state index in [1.165, 1.54) is 11.8 Å². The number of hydrogen-bond donors (Lipinski definition) is 2. The number of ketones is 1. The van der Waals surface area contributed by atoms with Crippen LogP contribution in [0.4, 0.5) is 11.4 Å². The Hall–Kier alpha value is -3.48. The van der Waals surface area contributed by atoms with E-state index < -0.39 is 17.7 Å². The molecule has 0 radical (unpaired) electrons. The quantitative estimate of drug-likeness (QED) is 0.782. The molecular weight excluding hydrogens is 370 g/mol. The van der Waals surface area contributed by atoms with Gasteiger partial charge < -0.3 is 10.4 Å². The van der Waals surface area contributed by atoms with Gasteiger partial charge in [-0.1, -0.05) is 13.8 Å². The fourth-order valence-electron chi connectivity index (χ4n) is 3.41. The molecule has 1 aliphatic heterocycles. The van der Waals surface area contributed by atoms with Crippen molar-refractivity contribution in [3.63, 3.8) is 0 Å². The van der Waals surface area contributed by atoms with Gasteiger partial charge in [0.2, 0.25) is 5.91 Å². The third kappa shape index (κ3) is 4.18. The zero-order valence-corrected chi connectivity index (χ0v) is 16.5. The molecule has 2 aromatic rings. The van der Waals surface area contributed by atoms with Crippen molar-refractivity contribution in [2.24, 2.45) is 5.92 Å². The van der Waals surface area contributed by atoms with Gasteiger partial charge in [-0.25, -0.2) is 0 Å². The highest BCUT2D eigenvalue weighted by atomic mass is 16.3. The Morgan fingerprint density at radius 2 is 1.76 bits per heavy atom. The molecule has 0 fully saturated rings. The van der Waals surface area contributed by atoms with E-state index in [0.717, 1.165) is 0 Å². The van der Waals surface area contributed by atoms with E-state index in [2.05, 4.69) is 10.3 Å². The van der Waals surface area contributed by atoms with Crippen LogP contribution in [-0.2, 0) is 14.4 Å². The molecule has 1 aromatic heterocycles. The average molecular weight is 393 g/mol. The van der Waals surface area contributed by atoms with Gasteiger partial charge in [0, 0.05) is 37.1 Å². The van der Waals surface area contributed by atoms with Crippen LogP contribution in [0, 0.1) is 5.92 Å². The fourth-order valence-corrected chi connectivity index (χ4v) is 3.41. The maximum atomic E-state index is 12.9. The molecule has 2 N–H and O–H groups in total. The highest BCUT2D eigenvalue weighted by Gasteiger charge is 2.44. The number of amides is 2. The van der Waals surface area contributed by atoms with Gasteiger partial charge in [0.05, 0.1) is 11.6 Å². The van der Waals surface area contributed by atoms with Crippen LogP contribution < -0.4 is 10.2 Å². The number of Topliss-reactive ketones (excluding diaryl/α,β-unsaturated/α-hetero) is 1. The first-order chi connectivity index (χ1) is 13.8. The van der Waals surface area contributed by atoms with Crippen molar-refractivity contribution in [1.82, 2.24) is 4.98 Å². The summed E-state index contributed by atoms with van der Waals surface area (Å²) in [7, 11) is 0. The van der Waals surface area contributed by atoms with E-state index in [4.69, 9.17) is 0 Å². The Kier molecular flexibility index (Phi) is 5.77. The minimum atomic E-state index is -0.747. The van der Waals surface area contributed by atoms with Crippen molar-refractivity contribution < 1.29 is 19.5 Å². The molecule has 1 atom stereocenters. The highest BCUT2D eigenvalue weighted by molar-refractivity contribution is 6.16. The van der Waals surface area contributed by atoms with Gasteiger partial charge in [-0.2, -0.15) is 0 Å². The number of nitrogens with one attached hydrogen (secondary N) is 1. The maximum absolute atomic E-state index is 12.9. The van der Waals surface area contributed by atoms with Crippen molar-refractivity contribution in [3.8, 4) is 0 Å². The Labute approximate surface area is 169 Å². The number of carbonyl (C=O) groups is 3. The fraction of sp³-hybridized carbons (Fsp3) is 0.273. The van der Waals surface area contributed by atoms with E-state index in [9.17, 15) is 19.5 Å². The SMILES string of the molecule is CC(=O)Nc1ccc(N2C(=O)C(O)=C(C(=O)CC(C)C)C2c2ccncc2)cc1. The van der Waals surface area contributed by atoms with Gasteiger partial charge in [0.25, 0.3) is 5.91 Å². The van der Waals surface area contributed by atoms with Crippen LogP contribution in [0.15, 0.2) is 60.1 Å². The molecule has 0 bridgehead atoms. The van der Waals surface area contributed by atoms with Gasteiger partial charge in [0.15, 0.2) is 11.5 Å². The smallest absolute Gasteiger partial charge is 0.294 e. The van der Waals surface area contributed by atoms with Crippen molar-refractivity contribution in [1.29, 1.82) is 0 Å². The number of anilines is 2. The largest absolute Gasteiger partial charge is 0.503 e. The van der Waals surface area contributed by atoms with E-state index in [0.29, 0.717) is 16.9 Å². The predicted octanol–water partition coefficient (Wildman–Crippen LogP) is 3.56. The molecule has 0 saturated heterocycles. The van der Waals surface area contributed by atoms with Crippen LogP contribution in [0.3, 0.4) is 0 Å². The first-order valence-corrected chi connectivity index (χ1v) is 9.37. The molecule has 3 rings (SSSR count). The summed E-state index contributed by atoms with van der Waals surface area (Å²) in [6.45, 7) is 5.23. The number of aliphatic hydroxyl groups is 1. The summed E-state index contributed by atoms with van der Waals surface area (Å²) in [6, 6.07) is 9.36. The number of pyridine rings is 1. The average Bonchev–Trinajstić information content (AvgIpc) is 2.93. The zero-order valence-electron chi connectivity index (χ0n) is 16.5. The normalized spacial score (nSPS) is 16.5. The predicted molar refractivity (Wildman–Crippen MR) is 109 cm³/mol. The number of rotatable bonds is 6. The number of aromatic nitrogens is 1. The summed E-state index contributed by atoms with van der Waals surface area (Å²) >= 11 is 0.